The van der Waals surface area contributed by atoms with Crippen LogP contribution in [-0.2, 0) is 4.74 Å². The lowest BCUT2D eigenvalue weighted by molar-refractivity contribution is 0.0601. The molecule has 1 aliphatic carbocycles. The van der Waals surface area contributed by atoms with Crippen LogP contribution in [0, 0.1) is 5.41 Å². The van der Waals surface area contributed by atoms with E-state index in [-0.39, 0.29) is 5.97 Å². The smallest absolute Gasteiger partial charge is 0.341 e. The summed E-state index contributed by atoms with van der Waals surface area (Å²) < 4.78 is 4.77. The Hall–Kier alpha value is -1.58. The lowest BCUT2D eigenvalue weighted by Crippen LogP contribution is -2.29. The van der Waals surface area contributed by atoms with Crippen LogP contribution >= 0.6 is 0 Å². The molecule has 0 saturated heterocycles. The van der Waals surface area contributed by atoms with Gasteiger partial charge in [0.25, 0.3) is 0 Å². The summed E-state index contributed by atoms with van der Waals surface area (Å²) in [5, 5.41) is 3.33. The molecule has 0 aliphatic heterocycles. The van der Waals surface area contributed by atoms with Crippen LogP contribution in [0.3, 0.4) is 0 Å². The zero-order chi connectivity index (χ0) is 13.7. The number of anilines is 1. The highest BCUT2D eigenvalue weighted by Crippen LogP contribution is 2.35. The van der Waals surface area contributed by atoms with Crippen molar-refractivity contribution in [3.63, 3.8) is 0 Å². The normalized spacial score (nSPS) is 17.8. The van der Waals surface area contributed by atoms with Gasteiger partial charge in [-0.1, -0.05) is 26.2 Å². The first-order valence-corrected chi connectivity index (χ1v) is 6.92. The first-order valence-electron chi connectivity index (χ1n) is 6.92. The summed E-state index contributed by atoms with van der Waals surface area (Å²) in [6, 6.07) is 3.49. The van der Waals surface area contributed by atoms with Gasteiger partial charge in [0.1, 0.15) is 11.4 Å². The first kappa shape index (κ1) is 13.8. The van der Waals surface area contributed by atoms with Gasteiger partial charge in [0.15, 0.2) is 0 Å². The van der Waals surface area contributed by atoms with Crippen LogP contribution in [0.1, 0.15) is 49.4 Å². The zero-order valence-electron chi connectivity index (χ0n) is 11.7. The van der Waals surface area contributed by atoms with Crippen LogP contribution < -0.4 is 5.32 Å². The van der Waals surface area contributed by atoms with Gasteiger partial charge in [-0.15, -0.1) is 0 Å². The highest BCUT2D eigenvalue weighted by atomic mass is 16.5. The van der Waals surface area contributed by atoms with Gasteiger partial charge in [-0.3, -0.25) is 0 Å². The third-order valence-electron chi connectivity index (χ3n) is 3.96. The van der Waals surface area contributed by atoms with E-state index >= 15 is 0 Å². The van der Waals surface area contributed by atoms with Gasteiger partial charge in [0, 0.05) is 12.7 Å². The molecule has 4 heteroatoms. The number of carbonyl (C=O) groups excluding carboxylic acids is 1. The average molecular weight is 262 g/mol. The van der Waals surface area contributed by atoms with Crippen molar-refractivity contribution >= 4 is 11.8 Å². The number of methoxy groups -OCH3 is 1. The number of esters is 1. The Bertz CT molecular complexity index is 440. The van der Waals surface area contributed by atoms with E-state index < -0.39 is 0 Å². The molecular weight excluding hydrogens is 240 g/mol. The summed E-state index contributed by atoms with van der Waals surface area (Å²) >= 11 is 0. The second-order valence-electron chi connectivity index (χ2n) is 5.62. The van der Waals surface area contributed by atoms with Gasteiger partial charge in [0.05, 0.1) is 7.11 Å². The first-order chi connectivity index (χ1) is 9.14. The average Bonchev–Trinajstić information content (AvgIpc) is 2.45. The van der Waals surface area contributed by atoms with Crippen LogP contribution in [-0.4, -0.2) is 24.6 Å². The minimum Gasteiger partial charge on any atom is -0.465 e. The molecule has 1 fully saturated rings. The molecule has 0 unspecified atom stereocenters. The fraction of sp³-hybridized carbons (Fsp3) is 0.600. The molecular formula is C15H22N2O2. The number of hydrogen-bond acceptors (Lipinski definition) is 4. The van der Waals surface area contributed by atoms with E-state index in [1.165, 1.54) is 39.2 Å². The molecule has 19 heavy (non-hydrogen) atoms. The summed E-state index contributed by atoms with van der Waals surface area (Å²) in [5.74, 6) is 0.283. The number of hydrogen-bond donors (Lipinski definition) is 1. The van der Waals surface area contributed by atoms with Crippen LogP contribution in [0.25, 0.3) is 0 Å². The van der Waals surface area contributed by atoms with E-state index in [0.29, 0.717) is 16.8 Å². The molecule has 4 nitrogen and oxygen atoms in total. The standard InChI is InChI=1S/C15H22N2O2/c1-15(8-4-3-5-9-15)11-17-13-12(14(18)19-2)7-6-10-16-13/h6-7,10H,3-5,8-9,11H2,1-2H3,(H,16,17). The van der Waals surface area contributed by atoms with E-state index in [9.17, 15) is 4.79 Å². The molecule has 0 amide bonds. The molecule has 1 aromatic rings. The van der Waals surface area contributed by atoms with Crippen molar-refractivity contribution in [1.82, 2.24) is 4.98 Å². The van der Waals surface area contributed by atoms with Crippen molar-refractivity contribution in [3.8, 4) is 0 Å². The third kappa shape index (κ3) is 3.46. The Kier molecular flexibility index (Phi) is 4.40. The number of carbonyl (C=O) groups is 1. The predicted molar refractivity (Wildman–Crippen MR) is 75.3 cm³/mol. The lowest BCUT2D eigenvalue weighted by atomic mass is 9.76. The van der Waals surface area contributed by atoms with E-state index in [4.69, 9.17) is 4.74 Å². The molecule has 0 aromatic carbocycles. The maximum absolute atomic E-state index is 11.7. The minimum absolute atomic E-state index is 0.309. The largest absolute Gasteiger partial charge is 0.465 e. The molecule has 1 aromatic heterocycles. The van der Waals surface area contributed by atoms with Crippen molar-refractivity contribution in [3.05, 3.63) is 23.9 Å². The van der Waals surface area contributed by atoms with Gasteiger partial charge in [0.2, 0.25) is 0 Å². The second kappa shape index (κ2) is 6.04. The Morgan fingerprint density at radius 2 is 2.16 bits per heavy atom. The molecule has 2 rings (SSSR count). The van der Waals surface area contributed by atoms with E-state index in [1.54, 1.807) is 18.3 Å². The molecule has 104 valence electrons. The quantitative estimate of drug-likeness (QED) is 0.846. The van der Waals surface area contributed by atoms with Crippen LogP contribution in [0.4, 0.5) is 5.82 Å². The summed E-state index contributed by atoms with van der Waals surface area (Å²) in [4.78, 5) is 15.9. The Labute approximate surface area is 114 Å². The molecule has 0 radical (unpaired) electrons. The van der Waals surface area contributed by atoms with Gasteiger partial charge in [-0.05, 0) is 30.4 Å². The molecule has 1 N–H and O–H groups in total. The molecule has 1 heterocycles. The van der Waals surface area contributed by atoms with Crippen molar-refractivity contribution < 1.29 is 9.53 Å². The molecule has 0 bridgehead atoms. The number of pyridine rings is 1. The molecule has 1 saturated carbocycles. The van der Waals surface area contributed by atoms with E-state index in [0.717, 1.165) is 6.54 Å². The summed E-state index contributed by atoms with van der Waals surface area (Å²) in [6.07, 6.45) is 8.10. The predicted octanol–water partition coefficient (Wildman–Crippen LogP) is 3.25. The monoisotopic (exact) mass is 262 g/mol. The third-order valence-corrected chi connectivity index (χ3v) is 3.96. The topological polar surface area (TPSA) is 51.2 Å². The highest BCUT2D eigenvalue weighted by Gasteiger charge is 2.27. The van der Waals surface area contributed by atoms with Crippen molar-refractivity contribution in [2.45, 2.75) is 39.0 Å². The van der Waals surface area contributed by atoms with Gasteiger partial charge in [-0.2, -0.15) is 0 Å². The van der Waals surface area contributed by atoms with E-state index in [1.807, 2.05) is 0 Å². The maximum atomic E-state index is 11.7. The second-order valence-corrected chi connectivity index (χ2v) is 5.62. The van der Waals surface area contributed by atoms with Crippen LogP contribution in [0.2, 0.25) is 0 Å². The Morgan fingerprint density at radius 1 is 1.42 bits per heavy atom. The summed E-state index contributed by atoms with van der Waals surface area (Å²) in [7, 11) is 1.39. The SMILES string of the molecule is COC(=O)c1cccnc1NCC1(C)CCCCC1. The molecule has 0 spiro atoms. The number of rotatable bonds is 4. The van der Waals surface area contributed by atoms with Crippen molar-refractivity contribution in [2.24, 2.45) is 5.41 Å². The Balaban J connectivity index is 2.04. The number of ether oxygens (including phenoxy) is 1. The number of nitrogens with one attached hydrogen (secondary N) is 1. The van der Waals surface area contributed by atoms with Gasteiger partial charge in [-0.25, -0.2) is 9.78 Å². The van der Waals surface area contributed by atoms with Gasteiger partial charge >= 0.3 is 5.97 Å². The number of aromatic nitrogens is 1. The van der Waals surface area contributed by atoms with Crippen LogP contribution in [0.15, 0.2) is 18.3 Å². The lowest BCUT2D eigenvalue weighted by Gasteiger charge is -2.34. The van der Waals surface area contributed by atoms with Crippen LogP contribution in [0.5, 0.6) is 0 Å². The Morgan fingerprint density at radius 3 is 2.84 bits per heavy atom. The summed E-state index contributed by atoms with van der Waals surface area (Å²) in [5.41, 5.74) is 0.813. The molecule has 0 atom stereocenters. The van der Waals surface area contributed by atoms with E-state index in [2.05, 4.69) is 17.2 Å². The maximum Gasteiger partial charge on any atom is 0.341 e. The highest BCUT2D eigenvalue weighted by molar-refractivity contribution is 5.94. The minimum atomic E-state index is -0.343. The fourth-order valence-electron chi connectivity index (χ4n) is 2.70. The van der Waals surface area contributed by atoms with Crippen molar-refractivity contribution in [1.29, 1.82) is 0 Å². The zero-order valence-corrected chi connectivity index (χ0v) is 11.7. The van der Waals surface area contributed by atoms with Gasteiger partial charge < -0.3 is 10.1 Å². The van der Waals surface area contributed by atoms with Crippen molar-refractivity contribution in [2.75, 3.05) is 19.0 Å². The fourth-order valence-corrected chi connectivity index (χ4v) is 2.70. The number of nitrogens with zero attached hydrogens (tertiary/aromatic N) is 1. The summed E-state index contributed by atoms with van der Waals surface area (Å²) in [6.45, 7) is 3.16. The molecule has 1 aliphatic rings.